The SMILES string of the molecule is C#CC(C)(C)O.CC(C)(C)OC(=O)C[C@@H](Cc1cc(F)cc(F)c1)c1nc(Br)ccc1B(O)O.CC(C)(C)OC(=O)C[C@@H](Cc1cc(F)cc(F)c1)c1nc(Br)ccc1Br.CC(C)(O)C#Cc1ccc(B(O)O)c([C@@H](CC(=O)OC(C)(C)C)Cc2cc(F)cc(F)c2)n1.FC(F)(F)CCc1nnc2c(Br)cccn12. The van der Waals surface area contributed by atoms with E-state index in [2.05, 4.69) is 107 Å². The van der Waals surface area contributed by atoms with Crippen molar-refractivity contribution >= 4 is 112 Å². The highest BCUT2D eigenvalue weighted by molar-refractivity contribution is 9.11. The van der Waals surface area contributed by atoms with Crippen LogP contribution in [-0.4, -0.2) is 126 Å². The Hall–Kier alpha value is -7.56. The van der Waals surface area contributed by atoms with Gasteiger partial charge in [-0.3, -0.25) is 18.8 Å². The summed E-state index contributed by atoms with van der Waals surface area (Å²) in [6.45, 7) is 21.8. The van der Waals surface area contributed by atoms with E-state index >= 15 is 0 Å². The number of aromatic nitrogens is 6. The number of esters is 3. The number of carbonyl (C=O) groups excluding carboxylic acids is 3. The molecule has 3 atom stereocenters. The third-order valence-electron chi connectivity index (χ3n) is 14.1. The molecule has 0 unspecified atom stereocenters. The van der Waals surface area contributed by atoms with Gasteiger partial charge < -0.3 is 44.5 Å². The number of aryl methyl sites for hydroxylation is 1. The Labute approximate surface area is 661 Å². The summed E-state index contributed by atoms with van der Waals surface area (Å²) in [5.74, 6) is 0.0429. The molecule has 5 aromatic heterocycles. The Morgan fingerprint density at radius 2 is 0.862 bits per heavy atom. The summed E-state index contributed by atoms with van der Waals surface area (Å²) in [6, 6.07) is 22.3. The van der Waals surface area contributed by atoms with Gasteiger partial charge >= 0.3 is 38.3 Å². The molecule has 0 aliphatic rings. The maximum absolute atomic E-state index is 13.8. The van der Waals surface area contributed by atoms with Crippen molar-refractivity contribution < 1.29 is 98.4 Å². The van der Waals surface area contributed by atoms with E-state index in [9.17, 15) is 79.1 Å². The van der Waals surface area contributed by atoms with Crippen molar-refractivity contribution in [3.8, 4) is 24.2 Å². The summed E-state index contributed by atoms with van der Waals surface area (Å²) < 4.78 is 138. The number of benzene rings is 3. The normalized spacial score (nSPS) is 12.4. The van der Waals surface area contributed by atoms with Crippen LogP contribution in [0.25, 0.3) is 5.65 Å². The van der Waals surface area contributed by atoms with Gasteiger partial charge in [-0.05, 0) is 268 Å². The molecule has 0 fully saturated rings. The minimum absolute atomic E-state index is 0.0224. The number of aliphatic hydroxyl groups is 2. The first kappa shape index (κ1) is 93.8. The zero-order valence-corrected chi connectivity index (χ0v) is 68.1. The topological polar surface area (TPSA) is 269 Å². The summed E-state index contributed by atoms with van der Waals surface area (Å²) in [6.07, 6.45) is 1.15. The Balaban J connectivity index is 0.000000305. The monoisotopic (exact) mass is 1780 g/mol. The van der Waals surface area contributed by atoms with Crippen LogP contribution in [0.1, 0.15) is 179 Å². The van der Waals surface area contributed by atoms with Crippen LogP contribution in [-0.2, 0) is 54.3 Å². The molecule has 8 rings (SSSR count). The van der Waals surface area contributed by atoms with Gasteiger partial charge in [-0.25, -0.2) is 41.3 Å². The van der Waals surface area contributed by atoms with Crippen molar-refractivity contribution in [2.75, 3.05) is 0 Å². The van der Waals surface area contributed by atoms with E-state index < -0.39 is 125 Å². The zero-order chi connectivity index (χ0) is 82.5. The number of alkyl halides is 3. The molecule has 0 saturated carbocycles. The van der Waals surface area contributed by atoms with Crippen LogP contribution in [0.15, 0.2) is 127 Å². The highest BCUT2D eigenvalue weighted by Gasteiger charge is 2.33. The van der Waals surface area contributed by atoms with Crippen molar-refractivity contribution in [2.45, 2.75) is 193 Å². The van der Waals surface area contributed by atoms with E-state index in [1.165, 1.54) is 50.2 Å². The molecule has 8 aromatic rings. The van der Waals surface area contributed by atoms with Gasteiger partial charge in [0.25, 0.3) is 0 Å². The minimum Gasteiger partial charge on any atom is -0.460 e. The summed E-state index contributed by atoms with van der Waals surface area (Å²) in [5, 5.41) is 65.1. The summed E-state index contributed by atoms with van der Waals surface area (Å²) in [5.41, 5.74) is -1.43. The van der Waals surface area contributed by atoms with Crippen LogP contribution in [0.4, 0.5) is 39.5 Å². The van der Waals surface area contributed by atoms with Gasteiger partial charge in [0, 0.05) is 75.4 Å². The lowest BCUT2D eigenvalue weighted by molar-refractivity contribution is -0.156. The van der Waals surface area contributed by atoms with Crippen LogP contribution < -0.4 is 10.9 Å². The van der Waals surface area contributed by atoms with Gasteiger partial charge in [0.2, 0.25) is 0 Å². The highest BCUT2D eigenvalue weighted by atomic mass is 79.9. The van der Waals surface area contributed by atoms with E-state index in [0.29, 0.717) is 46.4 Å². The molecule has 0 spiro atoms. The number of hydrogen-bond acceptors (Lipinski definition) is 17. The molecule has 109 heavy (non-hydrogen) atoms. The fraction of sp³-hybridized carbons (Fsp3) is 0.395. The largest absolute Gasteiger partial charge is 0.490 e. The second-order valence-electron chi connectivity index (χ2n) is 28.7. The molecule has 0 saturated heterocycles. The first-order valence-corrected chi connectivity index (χ1v) is 36.5. The Kier molecular flexibility index (Phi) is 35.4. The number of hydrogen-bond donors (Lipinski definition) is 6. The average molecular weight is 1780 g/mol. The Bertz CT molecular complexity index is 4470. The van der Waals surface area contributed by atoms with E-state index in [-0.39, 0.29) is 78.5 Å². The molecule has 3 aromatic carbocycles. The lowest BCUT2D eigenvalue weighted by atomic mass is 9.74. The van der Waals surface area contributed by atoms with Crippen molar-refractivity contribution in [1.29, 1.82) is 0 Å². The number of carbonyl (C=O) groups is 3. The number of halogens is 13. The van der Waals surface area contributed by atoms with Crippen molar-refractivity contribution in [3.63, 3.8) is 0 Å². The first-order valence-electron chi connectivity index (χ1n) is 33.4. The number of terminal acetylenes is 1. The van der Waals surface area contributed by atoms with Gasteiger partial charge in [0.15, 0.2) is 5.65 Å². The summed E-state index contributed by atoms with van der Waals surface area (Å²) in [7, 11) is -3.73. The molecule has 18 nitrogen and oxygen atoms in total. The van der Waals surface area contributed by atoms with Crippen molar-refractivity contribution in [3.05, 3.63) is 208 Å². The standard InChI is InChI=1S/C24H28BF2NO5.C19H21BBrF2NO4.C19H19Br2F2NO2.C9H7BrF3N3.C5H8O/c1-23(2,3)33-21(29)13-16(10-15-11-17(26)14-18(27)12-15)22-20(25(31)32)7-6-19(28-22)8-9-24(4,5)30;1-19(2,3)28-17(25)9-12(6-11-7-13(22)10-14(23)8-11)18-15(20(26)27)4-5-16(21)24-18;1-19(2,3)26-17(25)9-12(18-15(20)4-5-16(21)24-18)6-11-7-13(22)10-14(23)8-11;10-6-2-1-5-16-7(14-15-8(6)16)3-4-9(11,12)13;1-4-5(2,3)6/h6-7,11-12,14,16,30-32H,10,13H2,1-5H3;4-5,7-8,10,12,26-27H,6,9H2,1-3H3;4-5,7-8,10,12H,6,9H2,1-3H3;1-2,5H,3-4H2;1,6H,2-3H3/t16-;2*12-;;/m111../s1. The molecule has 0 aliphatic heterocycles. The van der Waals surface area contributed by atoms with E-state index in [4.69, 9.17) is 25.7 Å². The van der Waals surface area contributed by atoms with Gasteiger partial charge in [0.1, 0.15) is 83.6 Å². The van der Waals surface area contributed by atoms with Gasteiger partial charge in [0.05, 0.1) is 35.8 Å². The average Bonchev–Trinajstić information content (AvgIpc) is 1.83. The van der Waals surface area contributed by atoms with Crippen LogP contribution in [0, 0.1) is 59.1 Å². The predicted molar refractivity (Wildman–Crippen MR) is 409 cm³/mol. The minimum atomic E-state index is -4.17. The van der Waals surface area contributed by atoms with Gasteiger partial charge in [-0.1, -0.05) is 24.0 Å². The molecule has 0 amide bonds. The third-order valence-corrected chi connectivity index (χ3v) is 16.3. The molecular formula is C76H83B2Br4F9N6O12. The third kappa shape index (κ3) is 36.0. The Morgan fingerprint density at radius 1 is 0.505 bits per heavy atom. The van der Waals surface area contributed by atoms with Crippen LogP contribution in [0.5, 0.6) is 0 Å². The van der Waals surface area contributed by atoms with Crippen LogP contribution in [0.2, 0.25) is 0 Å². The summed E-state index contributed by atoms with van der Waals surface area (Å²) in [4.78, 5) is 50.5. The zero-order valence-electron chi connectivity index (χ0n) is 61.7. The smallest absolute Gasteiger partial charge is 0.460 e. The molecule has 0 aliphatic carbocycles. The maximum atomic E-state index is 13.8. The Morgan fingerprint density at radius 3 is 1.22 bits per heavy atom. The second-order valence-corrected chi connectivity index (χ2v) is 32.1. The van der Waals surface area contributed by atoms with Crippen LogP contribution in [0.3, 0.4) is 0 Å². The number of fused-ring (bicyclic) bond motifs is 1. The maximum Gasteiger partial charge on any atom is 0.490 e. The van der Waals surface area contributed by atoms with Crippen LogP contribution >= 0.6 is 63.7 Å². The molecule has 586 valence electrons. The first-order chi connectivity index (χ1) is 50.1. The lowest BCUT2D eigenvalue weighted by Gasteiger charge is -2.23. The van der Waals surface area contributed by atoms with E-state index in [1.54, 1.807) is 111 Å². The van der Waals surface area contributed by atoms with Gasteiger partial charge in [-0.15, -0.1) is 16.6 Å². The molecule has 33 heteroatoms. The predicted octanol–water partition coefficient (Wildman–Crippen LogP) is 14.4. The van der Waals surface area contributed by atoms with E-state index in [1.807, 2.05) is 0 Å². The van der Waals surface area contributed by atoms with E-state index in [0.717, 1.165) is 42.5 Å². The fourth-order valence-electron chi connectivity index (χ4n) is 9.99. The highest BCUT2D eigenvalue weighted by Crippen LogP contribution is 2.34. The molecule has 0 radical (unpaired) electrons. The molecular weight excluding hydrogens is 1700 g/mol. The van der Waals surface area contributed by atoms with Crippen molar-refractivity contribution in [2.24, 2.45) is 0 Å². The quantitative estimate of drug-likeness (QED) is 0.0110. The molecule has 5 heterocycles. The lowest BCUT2D eigenvalue weighted by Crippen LogP contribution is -2.36. The number of pyridine rings is 4. The van der Waals surface area contributed by atoms with Gasteiger partial charge in [-0.2, -0.15) is 13.2 Å². The van der Waals surface area contributed by atoms with Crippen molar-refractivity contribution in [1.82, 2.24) is 29.5 Å². The molecule has 6 N–H and O–H groups in total. The number of nitrogens with zero attached hydrogens (tertiary/aromatic N) is 6. The fourth-order valence-corrected chi connectivity index (χ4v) is 11.6. The number of rotatable bonds is 19. The summed E-state index contributed by atoms with van der Waals surface area (Å²) >= 11 is 13.2. The number of ether oxygens (including phenoxy) is 3. The molecule has 0 bridgehead atoms. The second kappa shape index (κ2) is 41.1.